The quantitative estimate of drug-likeness (QED) is 0.572. The van der Waals surface area contributed by atoms with Crippen LogP contribution in [0.2, 0.25) is 0 Å². The van der Waals surface area contributed by atoms with Crippen LogP contribution in [-0.2, 0) is 7.05 Å². The minimum absolute atomic E-state index is 0.0427. The number of nitrogen functional groups attached to an aromatic ring is 1. The summed E-state index contributed by atoms with van der Waals surface area (Å²) in [4.78, 5) is 22.5. The second-order valence-electron chi connectivity index (χ2n) is 2.66. The summed E-state index contributed by atoms with van der Waals surface area (Å²) in [5.41, 5.74) is 5.27. The zero-order valence-corrected chi connectivity index (χ0v) is 6.93. The molecule has 0 aromatic rings. The third-order valence-electron chi connectivity index (χ3n) is 1.60. The lowest BCUT2D eigenvalue weighted by Crippen LogP contribution is -2.17. The first-order chi connectivity index (χ1) is 6.16. The molecule has 0 aromatic heterocycles. The van der Waals surface area contributed by atoms with Crippen molar-refractivity contribution in [3.8, 4) is 11.4 Å². The van der Waals surface area contributed by atoms with Gasteiger partial charge in [-0.25, -0.2) is 4.98 Å². The van der Waals surface area contributed by atoms with Gasteiger partial charge >= 0.3 is 0 Å². The summed E-state index contributed by atoms with van der Waals surface area (Å²) in [6, 6.07) is 0. The number of nitrogens with zero attached hydrogens (tertiary/aromatic N) is 4. The van der Waals surface area contributed by atoms with Crippen molar-refractivity contribution in [3.05, 3.63) is 22.9 Å². The van der Waals surface area contributed by atoms with Crippen molar-refractivity contribution in [2.45, 2.75) is 0 Å². The molecule has 0 spiro atoms. The molecule has 2 aliphatic heterocycles. The van der Waals surface area contributed by atoms with Gasteiger partial charge in [-0.2, -0.15) is 9.97 Å². The number of rotatable bonds is 0. The van der Waals surface area contributed by atoms with E-state index >= 15 is 0 Å². The number of hydrogen-bond donors (Lipinski definition) is 1. The topological polar surface area (TPSA) is 86.7 Å². The van der Waals surface area contributed by atoms with Gasteiger partial charge in [-0.05, 0) is 0 Å². The lowest BCUT2D eigenvalue weighted by Gasteiger charge is -2.03. The highest BCUT2D eigenvalue weighted by Gasteiger charge is 2.10. The molecule has 0 unspecified atom stereocenters. The van der Waals surface area contributed by atoms with Crippen molar-refractivity contribution in [1.82, 2.24) is 19.5 Å². The fourth-order valence-corrected chi connectivity index (χ4v) is 1.05. The summed E-state index contributed by atoms with van der Waals surface area (Å²) in [7, 11) is 1.77. The van der Waals surface area contributed by atoms with Crippen molar-refractivity contribution in [2.75, 3.05) is 5.73 Å². The monoisotopic (exact) mass is 177 g/mol. The lowest BCUT2D eigenvalue weighted by molar-refractivity contribution is 0.851. The van der Waals surface area contributed by atoms with Crippen LogP contribution in [0.3, 0.4) is 0 Å². The highest BCUT2D eigenvalue weighted by molar-refractivity contribution is 5.54. The van der Waals surface area contributed by atoms with Gasteiger partial charge in [0.2, 0.25) is 5.95 Å². The van der Waals surface area contributed by atoms with E-state index < -0.39 is 5.56 Å². The third-order valence-corrected chi connectivity index (χ3v) is 1.60. The molecule has 2 heterocycles. The van der Waals surface area contributed by atoms with Gasteiger partial charge in [0, 0.05) is 13.2 Å². The number of aryl methyl sites for hydroxylation is 1. The van der Waals surface area contributed by atoms with Crippen molar-refractivity contribution < 1.29 is 0 Å². The molecule has 6 nitrogen and oxygen atoms in total. The molecular formula is C7H7N5O. The van der Waals surface area contributed by atoms with Crippen molar-refractivity contribution in [3.63, 3.8) is 0 Å². The molecule has 0 saturated carbocycles. The molecule has 0 fully saturated rings. The Morgan fingerprint density at radius 2 is 2.23 bits per heavy atom. The molecule has 0 aromatic carbocycles. The normalized spacial score (nSPS) is 10.5. The number of fused-ring (bicyclic) bond motifs is 1. The molecule has 66 valence electrons. The molecule has 0 amide bonds. The molecule has 6 heteroatoms. The Labute approximate surface area is 73.4 Å². The summed E-state index contributed by atoms with van der Waals surface area (Å²) in [6.45, 7) is 0. The number of aromatic nitrogens is 4. The summed E-state index contributed by atoms with van der Waals surface area (Å²) in [6.07, 6.45) is 3.16. The first kappa shape index (κ1) is 7.66. The summed E-state index contributed by atoms with van der Waals surface area (Å²) in [5, 5.41) is 0. The molecule has 0 bridgehead atoms. The zero-order chi connectivity index (χ0) is 9.42. The van der Waals surface area contributed by atoms with E-state index in [1.165, 1.54) is 0 Å². The van der Waals surface area contributed by atoms with E-state index in [1.54, 1.807) is 24.1 Å². The fraction of sp³-hybridized carbons (Fsp3) is 0.143. The fourth-order valence-electron chi connectivity index (χ4n) is 1.05. The molecule has 0 atom stereocenters. The Kier molecular flexibility index (Phi) is 1.48. The smallest absolute Gasteiger partial charge is 0.285 e. The Bertz CT molecular complexity index is 477. The van der Waals surface area contributed by atoms with Crippen LogP contribution in [0.25, 0.3) is 11.4 Å². The van der Waals surface area contributed by atoms with E-state index in [9.17, 15) is 4.79 Å². The van der Waals surface area contributed by atoms with E-state index in [0.29, 0.717) is 11.4 Å². The van der Waals surface area contributed by atoms with Crippen LogP contribution in [0.4, 0.5) is 5.95 Å². The highest BCUT2D eigenvalue weighted by Crippen LogP contribution is 2.09. The maximum atomic E-state index is 11.3. The Hall–Kier alpha value is -1.98. The van der Waals surface area contributed by atoms with Crippen LogP contribution in [0.1, 0.15) is 0 Å². The summed E-state index contributed by atoms with van der Waals surface area (Å²) >= 11 is 0. The van der Waals surface area contributed by atoms with Gasteiger partial charge in [-0.1, -0.05) is 0 Å². The van der Waals surface area contributed by atoms with Gasteiger partial charge in [-0.15, -0.1) is 0 Å². The molecular weight excluding hydrogens is 170 g/mol. The van der Waals surface area contributed by atoms with Gasteiger partial charge in [-0.3, -0.25) is 4.79 Å². The lowest BCUT2D eigenvalue weighted by atomic mass is 10.3. The number of anilines is 1. The van der Waals surface area contributed by atoms with E-state index in [2.05, 4.69) is 15.0 Å². The summed E-state index contributed by atoms with van der Waals surface area (Å²) in [5.74, 6) is 0.287. The molecule has 0 saturated heterocycles. The van der Waals surface area contributed by atoms with Gasteiger partial charge in [0.25, 0.3) is 5.56 Å². The van der Waals surface area contributed by atoms with Crippen LogP contribution < -0.4 is 11.3 Å². The summed E-state index contributed by atoms with van der Waals surface area (Å²) < 4.78 is 1.66. The SMILES string of the molecule is Cn1cnc2nc(N)nc(=O)c-2c1. The minimum atomic E-state index is -0.397. The van der Waals surface area contributed by atoms with E-state index in [-0.39, 0.29) is 5.95 Å². The minimum Gasteiger partial charge on any atom is -0.368 e. The standard InChI is InChI=1S/C7H7N5O/c1-12-2-4-5(9-3-12)10-7(8)11-6(4)13/h2-3H,1H3,(H2,8,11,13). The van der Waals surface area contributed by atoms with Crippen LogP contribution >= 0.6 is 0 Å². The van der Waals surface area contributed by atoms with Gasteiger partial charge in [0.15, 0.2) is 5.82 Å². The first-order valence-electron chi connectivity index (χ1n) is 3.62. The Balaban J connectivity index is 2.87. The molecule has 13 heavy (non-hydrogen) atoms. The zero-order valence-electron chi connectivity index (χ0n) is 6.93. The number of hydrogen-bond acceptors (Lipinski definition) is 5. The van der Waals surface area contributed by atoms with Gasteiger partial charge in [0.1, 0.15) is 5.56 Å². The van der Waals surface area contributed by atoms with Crippen LogP contribution in [-0.4, -0.2) is 19.5 Å². The Morgan fingerprint density at radius 1 is 1.46 bits per heavy atom. The van der Waals surface area contributed by atoms with Crippen molar-refractivity contribution >= 4 is 5.95 Å². The Morgan fingerprint density at radius 3 is 3.00 bits per heavy atom. The maximum absolute atomic E-state index is 11.3. The second-order valence-corrected chi connectivity index (χ2v) is 2.66. The highest BCUT2D eigenvalue weighted by atomic mass is 16.1. The number of nitrogens with two attached hydrogens (primary N) is 1. The van der Waals surface area contributed by atoms with E-state index in [0.717, 1.165) is 0 Å². The van der Waals surface area contributed by atoms with Gasteiger partial charge in [0.05, 0.1) is 6.33 Å². The molecule has 2 aliphatic rings. The molecule has 2 N–H and O–H groups in total. The van der Waals surface area contributed by atoms with Crippen molar-refractivity contribution in [2.24, 2.45) is 7.05 Å². The van der Waals surface area contributed by atoms with Crippen LogP contribution in [0, 0.1) is 0 Å². The second kappa shape index (κ2) is 2.51. The maximum Gasteiger partial charge on any atom is 0.285 e. The first-order valence-corrected chi connectivity index (χ1v) is 3.62. The van der Waals surface area contributed by atoms with E-state index in [1.807, 2.05) is 0 Å². The largest absolute Gasteiger partial charge is 0.368 e. The van der Waals surface area contributed by atoms with Crippen LogP contribution in [0.5, 0.6) is 0 Å². The molecule has 0 aliphatic carbocycles. The predicted molar refractivity (Wildman–Crippen MR) is 46.1 cm³/mol. The average Bonchev–Trinajstić information content (AvgIpc) is 2.06. The van der Waals surface area contributed by atoms with Crippen molar-refractivity contribution in [1.29, 1.82) is 0 Å². The predicted octanol–water partition coefficient (Wildman–Crippen LogP) is -0.743. The third kappa shape index (κ3) is 1.22. The van der Waals surface area contributed by atoms with Crippen LogP contribution in [0.15, 0.2) is 17.3 Å². The average molecular weight is 177 g/mol. The molecule has 0 radical (unpaired) electrons. The van der Waals surface area contributed by atoms with E-state index in [4.69, 9.17) is 5.73 Å². The molecule has 2 rings (SSSR count). The van der Waals surface area contributed by atoms with Gasteiger partial charge < -0.3 is 10.3 Å².